The van der Waals surface area contributed by atoms with Gasteiger partial charge in [-0.3, -0.25) is 0 Å². The molecule has 0 heterocycles. The van der Waals surface area contributed by atoms with E-state index in [0.29, 0.717) is 0 Å². The Kier molecular flexibility index (Phi) is 5.87. The van der Waals surface area contributed by atoms with Gasteiger partial charge in [-0.2, -0.15) is 0 Å². The van der Waals surface area contributed by atoms with E-state index in [2.05, 4.69) is 48.0 Å². The highest BCUT2D eigenvalue weighted by molar-refractivity contribution is 9.10. The number of halogens is 1. The van der Waals surface area contributed by atoms with Gasteiger partial charge in [0.05, 0.1) is 0 Å². The van der Waals surface area contributed by atoms with E-state index in [1.165, 1.54) is 22.6 Å². The highest BCUT2D eigenvalue weighted by Crippen LogP contribution is 2.28. The van der Waals surface area contributed by atoms with E-state index in [0.717, 1.165) is 10.4 Å². The van der Waals surface area contributed by atoms with Crippen molar-refractivity contribution in [3.63, 3.8) is 0 Å². The van der Waals surface area contributed by atoms with Crippen LogP contribution >= 0.6 is 27.7 Å². The van der Waals surface area contributed by atoms with Crippen LogP contribution in [0.2, 0.25) is 0 Å². The summed E-state index contributed by atoms with van der Waals surface area (Å²) in [7, 11) is 0. The molecule has 0 bridgehead atoms. The van der Waals surface area contributed by atoms with Crippen LogP contribution in [0.1, 0.15) is 38.8 Å². The summed E-state index contributed by atoms with van der Waals surface area (Å²) in [6, 6.07) is 6.54. The molecule has 1 nitrogen and oxygen atoms in total. The van der Waals surface area contributed by atoms with Crippen molar-refractivity contribution in [2.45, 2.75) is 38.1 Å². The molecule has 3 heteroatoms. The molecule has 0 saturated carbocycles. The van der Waals surface area contributed by atoms with Crippen LogP contribution in [0.4, 0.5) is 0 Å². The van der Waals surface area contributed by atoms with Gasteiger partial charge in [0.2, 0.25) is 0 Å². The molecule has 1 atom stereocenters. The van der Waals surface area contributed by atoms with Crippen LogP contribution in [-0.2, 0) is 0 Å². The first-order valence-corrected chi connectivity index (χ1v) is 7.46. The molecule has 0 aliphatic carbocycles. The summed E-state index contributed by atoms with van der Waals surface area (Å²) in [4.78, 5) is 1.32. The van der Waals surface area contributed by atoms with Crippen molar-refractivity contribution in [3.05, 3.63) is 28.2 Å². The highest BCUT2D eigenvalue weighted by atomic mass is 79.9. The Morgan fingerprint density at radius 1 is 1.31 bits per heavy atom. The van der Waals surface area contributed by atoms with Gasteiger partial charge in [0.1, 0.15) is 0 Å². The molecule has 0 amide bonds. The van der Waals surface area contributed by atoms with Crippen LogP contribution in [0, 0.1) is 5.92 Å². The number of thioether (sulfide) groups is 1. The van der Waals surface area contributed by atoms with Crippen LogP contribution in [-0.4, -0.2) is 5.75 Å². The summed E-state index contributed by atoms with van der Waals surface area (Å²) >= 11 is 5.49. The lowest BCUT2D eigenvalue weighted by Crippen LogP contribution is -2.05. The van der Waals surface area contributed by atoms with Gasteiger partial charge in [-0.25, -0.2) is 0 Å². The van der Waals surface area contributed by atoms with Crippen molar-refractivity contribution in [2.75, 3.05) is 5.75 Å². The molecule has 0 radical (unpaired) electrons. The first kappa shape index (κ1) is 14.1. The van der Waals surface area contributed by atoms with E-state index in [1.54, 1.807) is 0 Å². The summed E-state index contributed by atoms with van der Waals surface area (Å²) < 4.78 is 1.12. The lowest BCUT2D eigenvalue weighted by atomic mass is 10.1. The zero-order chi connectivity index (χ0) is 12.1. The monoisotopic (exact) mass is 301 g/mol. The van der Waals surface area contributed by atoms with Crippen molar-refractivity contribution in [3.8, 4) is 0 Å². The minimum atomic E-state index is 0.0871. The van der Waals surface area contributed by atoms with E-state index in [-0.39, 0.29) is 6.04 Å². The van der Waals surface area contributed by atoms with Gasteiger partial charge in [-0.15, -0.1) is 11.8 Å². The van der Waals surface area contributed by atoms with Gasteiger partial charge in [-0.05, 0) is 42.7 Å². The maximum Gasteiger partial charge on any atom is 0.0277 e. The molecule has 0 unspecified atom stereocenters. The maximum absolute atomic E-state index is 5.87. The largest absolute Gasteiger partial charge is 0.324 e. The Bertz CT molecular complexity index is 337. The summed E-state index contributed by atoms with van der Waals surface area (Å²) in [6.45, 7) is 6.52. The van der Waals surface area contributed by atoms with E-state index < -0.39 is 0 Å². The second kappa shape index (κ2) is 6.67. The molecule has 0 spiro atoms. The minimum Gasteiger partial charge on any atom is -0.324 e. The third kappa shape index (κ3) is 4.48. The Morgan fingerprint density at radius 3 is 2.50 bits per heavy atom. The third-order valence-corrected chi connectivity index (χ3v) is 4.14. The smallest absolute Gasteiger partial charge is 0.0277 e. The summed E-state index contributed by atoms with van der Waals surface area (Å²) in [6.07, 6.45) is 1.26. The molecular formula is C13H20BrNS. The second-order valence-corrected chi connectivity index (χ2v) is 6.53. The first-order chi connectivity index (χ1) is 7.50. The van der Waals surface area contributed by atoms with Crippen LogP contribution in [0.25, 0.3) is 0 Å². The molecule has 90 valence electrons. The summed E-state index contributed by atoms with van der Waals surface area (Å²) in [5.74, 6) is 1.96. The average molecular weight is 302 g/mol. The number of nitrogens with two attached hydrogens (primary N) is 1. The van der Waals surface area contributed by atoms with Gasteiger partial charge in [0, 0.05) is 15.4 Å². The zero-order valence-electron chi connectivity index (χ0n) is 10.2. The molecular weight excluding hydrogens is 282 g/mol. The predicted octanol–water partition coefficient (Wildman–Crippen LogP) is 4.61. The molecule has 0 aliphatic rings. The Balaban J connectivity index is 2.59. The summed E-state index contributed by atoms with van der Waals surface area (Å²) in [5.41, 5.74) is 7.04. The number of benzene rings is 1. The Labute approximate surface area is 111 Å². The molecule has 1 aromatic carbocycles. The molecule has 0 fully saturated rings. The summed E-state index contributed by atoms with van der Waals surface area (Å²) in [5, 5.41) is 0. The van der Waals surface area contributed by atoms with Gasteiger partial charge >= 0.3 is 0 Å². The van der Waals surface area contributed by atoms with Crippen LogP contribution in [0.15, 0.2) is 27.6 Å². The number of rotatable bonds is 5. The molecule has 1 rings (SSSR count). The average Bonchev–Trinajstić information content (AvgIpc) is 2.16. The quantitative estimate of drug-likeness (QED) is 0.804. The van der Waals surface area contributed by atoms with Crippen molar-refractivity contribution in [2.24, 2.45) is 11.7 Å². The normalized spacial score (nSPS) is 13.1. The van der Waals surface area contributed by atoms with Crippen molar-refractivity contribution >= 4 is 27.7 Å². The van der Waals surface area contributed by atoms with Gasteiger partial charge in [0.15, 0.2) is 0 Å². The molecule has 0 aromatic heterocycles. The molecule has 1 aromatic rings. The van der Waals surface area contributed by atoms with E-state index >= 15 is 0 Å². The first-order valence-electron chi connectivity index (χ1n) is 5.68. The fourth-order valence-electron chi connectivity index (χ4n) is 1.38. The van der Waals surface area contributed by atoms with E-state index in [4.69, 9.17) is 5.73 Å². The van der Waals surface area contributed by atoms with Crippen molar-refractivity contribution in [1.82, 2.24) is 0 Å². The fraction of sp³-hybridized carbons (Fsp3) is 0.538. The zero-order valence-corrected chi connectivity index (χ0v) is 12.6. The van der Waals surface area contributed by atoms with E-state index in [1.807, 2.05) is 18.7 Å². The maximum atomic E-state index is 5.87. The van der Waals surface area contributed by atoms with Gasteiger partial charge in [0.25, 0.3) is 0 Å². The van der Waals surface area contributed by atoms with E-state index in [9.17, 15) is 0 Å². The molecule has 0 saturated heterocycles. The Morgan fingerprint density at radius 2 is 2.00 bits per heavy atom. The molecule has 16 heavy (non-hydrogen) atoms. The predicted molar refractivity (Wildman–Crippen MR) is 76.9 cm³/mol. The van der Waals surface area contributed by atoms with Gasteiger partial charge < -0.3 is 5.73 Å². The molecule has 0 aliphatic heterocycles. The molecule has 2 N–H and O–H groups in total. The standard InChI is InChI=1S/C13H20BrNS/c1-9(2)6-7-16-11-4-5-12(10(3)15)13(14)8-11/h4-5,8-10H,6-7,15H2,1-3H3/t10-/m0/s1. The number of hydrogen-bond donors (Lipinski definition) is 1. The topological polar surface area (TPSA) is 26.0 Å². The number of hydrogen-bond acceptors (Lipinski definition) is 2. The lowest BCUT2D eigenvalue weighted by Gasteiger charge is -2.10. The highest BCUT2D eigenvalue weighted by Gasteiger charge is 2.06. The lowest BCUT2D eigenvalue weighted by molar-refractivity contribution is 0.632. The van der Waals surface area contributed by atoms with Crippen molar-refractivity contribution < 1.29 is 0 Å². The van der Waals surface area contributed by atoms with Crippen LogP contribution in [0.5, 0.6) is 0 Å². The SMILES string of the molecule is CC(C)CCSc1ccc([C@H](C)N)c(Br)c1. The fourth-order valence-corrected chi connectivity index (χ4v) is 3.46. The second-order valence-electron chi connectivity index (χ2n) is 4.50. The van der Waals surface area contributed by atoms with Gasteiger partial charge in [-0.1, -0.05) is 35.8 Å². The van der Waals surface area contributed by atoms with Crippen molar-refractivity contribution in [1.29, 1.82) is 0 Å². The third-order valence-electron chi connectivity index (χ3n) is 2.43. The Hall–Kier alpha value is 0.01000. The van der Waals surface area contributed by atoms with Crippen LogP contribution in [0.3, 0.4) is 0 Å². The minimum absolute atomic E-state index is 0.0871. The van der Waals surface area contributed by atoms with Crippen LogP contribution < -0.4 is 5.73 Å².